The van der Waals surface area contributed by atoms with Gasteiger partial charge in [0.2, 0.25) is 5.91 Å². The van der Waals surface area contributed by atoms with Gasteiger partial charge in [0.25, 0.3) is 0 Å². The lowest BCUT2D eigenvalue weighted by atomic mass is 10.1. The highest BCUT2D eigenvalue weighted by atomic mass is 32.1. The Labute approximate surface area is 141 Å². The van der Waals surface area contributed by atoms with Crippen molar-refractivity contribution in [2.45, 2.75) is 32.9 Å². The third-order valence-corrected chi connectivity index (χ3v) is 4.87. The van der Waals surface area contributed by atoms with Crippen molar-refractivity contribution >= 4 is 29.0 Å². The van der Waals surface area contributed by atoms with Gasteiger partial charge in [0.1, 0.15) is 0 Å². The number of unbranched alkanes of at least 4 members (excludes halogenated alkanes) is 1. The van der Waals surface area contributed by atoms with Crippen molar-refractivity contribution in [3.8, 4) is 0 Å². The smallest absolute Gasteiger partial charge is 0.248 e. The Balaban J connectivity index is 1.59. The molecule has 4 heteroatoms. The van der Waals surface area contributed by atoms with Crippen LogP contribution in [-0.2, 0) is 17.9 Å². The molecule has 3 nitrogen and oxygen atoms in total. The third-order valence-electron chi connectivity index (χ3n) is 4.03. The minimum Gasteiger partial charge on any atom is -0.323 e. The predicted octanol–water partition coefficient (Wildman–Crippen LogP) is 4.52. The second-order valence-corrected chi connectivity index (χ2v) is 6.86. The Hall–Kier alpha value is -1.91. The average Bonchev–Trinajstić information content (AvgIpc) is 3.19. The molecule has 0 spiro atoms. The molecule has 1 N–H and O–H groups in total. The Morgan fingerprint density at radius 2 is 2.17 bits per heavy atom. The van der Waals surface area contributed by atoms with Gasteiger partial charge in [-0.05, 0) is 53.7 Å². The molecule has 0 saturated heterocycles. The molecule has 3 rings (SSSR count). The molecule has 0 unspecified atom stereocenters. The zero-order chi connectivity index (χ0) is 16.1. The summed E-state index contributed by atoms with van der Waals surface area (Å²) in [6, 6.07) is 10.2. The van der Waals surface area contributed by atoms with E-state index in [0.717, 1.165) is 30.2 Å². The normalized spacial score (nSPS) is 14.3. The molecule has 0 atom stereocenters. The molecule has 0 fully saturated rings. The summed E-state index contributed by atoms with van der Waals surface area (Å²) in [5.74, 6) is -0.0841. The molecule has 0 radical (unpaired) electrons. The van der Waals surface area contributed by atoms with Gasteiger partial charge in [-0.3, -0.25) is 9.69 Å². The number of carbonyl (C=O) groups is 1. The van der Waals surface area contributed by atoms with E-state index in [1.54, 1.807) is 17.4 Å². The van der Waals surface area contributed by atoms with Crippen molar-refractivity contribution in [1.29, 1.82) is 0 Å². The zero-order valence-corrected chi connectivity index (χ0v) is 14.2. The molecule has 2 aromatic rings. The van der Waals surface area contributed by atoms with Crippen molar-refractivity contribution in [2.75, 3.05) is 11.9 Å². The van der Waals surface area contributed by atoms with Crippen LogP contribution in [0.1, 0.15) is 35.8 Å². The van der Waals surface area contributed by atoms with Crippen molar-refractivity contribution in [2.24, 2.45) is 0 Å². The summed E-state index contributed by atoms with van der Waals surface area (Å²) >= 11 is 1.62. The van der Waals surface area contributed by atoms with Crippen LogP contribution in [-0.4, -0.2) is 17.4 Å². The molecule has 23 heavy (non-hydrogen) atoms. The molecule has 1 amide bonds. The van der Waals surface area contributed by atoms with E-state index >= 15 is 0 Å². The number of benzene rings is 1. The number of fused-ring (bicyclic) bond motifs is 1. The van der Waals surface area contributed by atoms with Crippen LogP contribution >= 0.6 is 11.3 Å². The van der Waals surface area contributed by atoms with Gasteiger partial charge < -0.3 is 5.32 Å². The van der Waals surface area contributed by atoms with Crippen LogP contribution in [0.2, 0.25) is 0 Å². The first-order valence-electron chi connectivity index (χ1n) is 8.11. The fraction of sp³-hybridized carbons (Fsp3) is 0.316. The topological polar surface area (TPSA) is 32.3 Å². The van der Waals surface area contributed by atoms with Crippen LogP contribution in [0.5, 0.6) is 0 Å². The van der Waals surface area contributed by atoms with Crippen LogP contribution in [0.15, 0.2) is 41.8 Å². The molecular weight excluding hydrogens is 304 g/mol. The maximum atomic E-state index is 12.0. The van der Waals surface area contributed by atoms with Crippen molar-refractivity contribution in [3.63, 3.8) is 0 Å². The number of hydrogen-bond acceptors (Lipinski definition) is 3. The quantitative estimate of drug-likeness (QED) is 0.792. The van der Waals surface area contributed by atoms with Gasteiger partial charge in [-0.25, -0.2) is 0 Å². The molecule has 0 bridgehead atoms. The van der Waals surface area contributed by atoms with Crippen molar-refractivity contribution in [1.82, 2.24) is 4.90 Å². The minimum atomic E-state index is -0.0841. The van der Waals surface area contributed by atoms with Crippen LogP contribution in [0.25, 0.3) is 6.08 Å². The van der Waals surface area contributed by atoms with Crippen molar-refractivity contribution < 1.29 is 4.79 Å². The highest BCUT2D eigenvalue weighted by molar-refractivity contribution is 7.10. The summed E-state index contributed by atoms with van der Waals surface area (Å²) in [5.41, 5.74) is 3.59. The number of hydrogen-bond donors (Lipinski definition) is 1. The lowest BCUT2D eigenvalue weighted by Crippen LogP contribution is -2.17. The van der Waals surface area contributed by atoms with E-state index < -0.39 is 0 Å². The van der Waals surface area contributed by atoms with E-state index in [0.29, 0.717) is 0 Å². The Morgan fingerprint density at radius 3 is 2.96 bits per heavy atom. The predicted molar refractivity (Wildman–Crippen MR) is 97.4 cm³/mol. The molecule has 1 aromatic heterocycles. The standard InChI is InChI=1S/C19H22N2OS/c1-2-3-10-21-13-15-6-7-17(12-16(15)14-21)20-19(22)9-8-18-5-4-11-23-18/h4-9,11-12H,2-3,10,13-14H2,1H3,(H,20,22)/b9-8-. The second-order valence-electron chi connectivity index (χ2n) is 5.89. The maximum Gasteiger partial charge on any atom is 0.248 e. The number of carbonyl (C=O) groups excluding carboxylic acids is 1. The maximum absolute atomic E-state index is 12.0. The van der Waals surface area contributed by atoms with Gasteiger partial charge in [-0.15, -0.1) is 11.3 Å². The van der Waals surface area contributed by atoms with E-state index in [4.69, 9.17) is 0 Å². The van der Waals surface area contributed by atoms with Gasteiger partial charge >= 0.3 is 0 Å². The number of amides is 1. The SMILES string of the molecule is CCCCN1Cc2ccc(NC(=O)/C=C\c3cccs3)cc2C1. The largest absolute Gasteiger partial charge is 0.323 e. The molecule has 2 heterocycles. The van der Waals surface area contributed by atoms with E-state index in [1.807, 2.05) is 29.7 Å². The lowest BCUT2D eigenvalue weighted by molar-refractivity contribution is -0.111. The van der Waals surface area contributed by atoms with E-state index in [9.17, 15) is 4.79 Å². The first kappa shape index (κ1) is 16.0. The van der Waals surface area contributed by atoms with Crippen LogP contribution in [0.3, 0.4) is 0 Å². The van der Waals surface area contributed by atoms with Crippen LogP contribution in [0, 0.1) is 0 Å². The first-order valence-corrected chi connectivity index (χ1v) is 8.99. The van der Waals surface area contributed by atoms with E-state index in [1.165, 1.54) is 24.0 Å². The summed E-state index contributed by atoms with van der Waals surface area (Å²) in [6.45, 7) is 5.39. The number of rotatable bonds is 6. The average molecular weight is 326 g/mol. The molecule has 0 aliphatic carbocycles. The lowest BCUT2D eigenvalue weighted by Gasteiger charge is -2.13. The summed E-state index contributed by atoms with van der Waals surface area (Å²) in [6.07, 6.45) is 5.91. The number of thiophene rings is 1. The van der Waals surface area contributed by atoms with Gasteiger partial charge in [0, 0.05) is 29.7 Å². The number of anilines is 1. The fourth-order valence-corrected chi connectivity index (χ4v) is 3.43. The van der Waals surface area contributed by atoms with Gasteiger partial charge in [-0.2, -0.15) is 0 Å². The highest BCUT2D eigenvalue weighted by Crippen LogP contribution is 2.26. The van der Waals surface area contributed by atoms with E-state index in [-0.39, 0.29) is 5.91 Å². The molecular formula is C19H22N2OS. The monoisotopic (exact) mass is 326 g/mol. The molecule has 1 aliphatic heterocycles. The summed E-state index contributed by atoms with van der Waals surface area (Å²) in [5, 5.41) is 4.95. The molecule has 1 aliphatic rings. The van der Waals surface area contributed by atoms with Gasteiger partial charge in [0.15, 0.2) is 0 Å². The molecule has 120 valence electrons. The number of nitrogens with zero attached hydrogens (tertiary/aromatic N) is 1. The summed E-state index contributed by atoms with van der Waals surface area (Å²) in [4.78, 5) is 15.6. The van der Waals surface area contributed by atoms with Gasteiger partial charge in [-0.1, -0.05) is 25.5 Å². The minimum absolute atomic E-state index is 0.0841. The molecule has 0 saturated carbocycles. The first-order chi connectivity index (χ1) is 11.2. The Morgan fingerprint density at radius 1 is 1.30 bits per heavy atom. The van der Waals surface area contributed by atoms with Crippen LogP contribution < -0.4 is 5.32 Å². The van der Waals surface area contributed by atoms with Gasteiger partial charge in [0.05, 0.1) is 0 Å². The third kappa shape index (κ3) is 4.30. The Kier molecular flexibility index (Phi) is 5.26. The Bertz CT molecular complexity index is 691. The van der Waals surface area contributed by atoms with E-state index in [2.05, 4.69) is 29.3 Å². The zero-order valence-electron chi connectivity index (χ0n) is 13.4. The number of nitrogens with one attached hydrogen (secondary N) is 1. The fourth-order valence-electron chi connectivity index (χ4n) is 2.81. The van der Waals surface area contributed by atoms with Crippen molar-refractivity contribution in [3.05, 3.63) is 57.8 Å². The highest BCUT2D eigenvalue weighted by Gasteiger charge is 2.18. The molecule has 1 aromatic carbocycles. The second kappa shape index (κ2) is 7.57. The summed E-state index contributed by atoms with van der Waals surface area (Å²) in [7, 11) is 0. The van der Waals surface area contributed by atoms with Crippen LogP contribution in [0.4, 0.5) is 5.69 Å². The summed E-state index contributed by atoms with van der Waals surface area (Å²) < 4.78 is 0.